The Hall–Kier alpha value is -0.780. The van der Waals surface area contributed by atoms with Crippen LogP contribution >= 0.6 is 0 Å². The molecule has 2 N–H and O–H groups in total. The van der Waals surface area contributed by atoms with Gasteiger partial charge in [-0.15, -0.1) is 0 Å². The van der Waals surface area contributed by atoms with Gasteiger partial charge in [-0.3, -0.25) is 4.99 Å². The normalized spacial score (nSPS) is 14.7. The third-order valence-electron chi connectivity index (χ3n) is 3.25. The van der Waals surface area contributed by atoms with Crippen LogP contribution in [0.15, 0.2) is 4.99 Å². The van der Waals surface area contributed by atoms with Gasteiger partial charge >= 0.3 is 0 Å². The van der Waals surface area contributed by atoms with Gasteiger partial charge in [-0.1, -0.05) is 27.2 Å². The van der Waals surface area contributed by atoms with Gasteiger partial charge < -0.3 is 10.6 Å². The second-order valence-electron chi connectivity index (χ2n) is 7.24. The molecule has 0 rings (SSSR count). The predicted molar refractivity (Wildman–Crippen MR) is 96.2 cm³/mol. The molecular formula is C16H35N3O2S. The Morgan fingerprint density at radius 1 is 1.23 bits per heavy atom. The van der Waals surface area contributed by atoms with Crippen LogP contribution in [0.5, 0.6) is 0 Å². The zero-order valence-corrected chi connectivity index (χ0v) is 16.0. The molecule has 0 heterocycles. The molecule has 0 aromatic carbocycles. The number of sulfone groups is 1. The van der Waals surface area contributed by atoms with Gasteiger partial charge in [0.05, 0.1) is 5.75 Å². The molecule has 0 saturated carbocycles. The van der Waals surface area contributed by atoms with Crippen LogP contribution in [0.1, 0.15) is 60.3 Å². The maximum absolute atomic E-state index is 11.2. The molecule has 1 atom stereocenters. The number of unbranched alkanes of at least 4 members (excludes halogenated alkanes) is 1. The first-order valence-corrected chi connectivity index (χ1v) is 10.3. The Morgan fingerprint density at radius 2 is 1.86 bits per heavy atom. The summed E-state index contributed by atoms with van der Waals surface area (Å²) in [4.78, 5) is 4.56. The van der Waals surface area contributed by atoms with Gasteiger partial charge in [-0.05, 0) is 38.5 Å². The Balaban J connectivity index is 4.20. The smallest absolute Gasteiger partial charge is 0.191 e. The van der Waals surface area contributed by atoms with Crippen LogP contribution in [0, 0.1) is 5.41 Å². The average molecular weight is 334 g/mol. The first-order valence-electron chi connectivity index (χ1n) is 8.26. The molecule has 0 aromatic rings. The van der Waals surface area contributed by atoms with E-state index in [9.17, 15) is 8.42 Å². The van der Waals surface area contributed by atoms with Crippen LogP contribution in [-0.4, -0.2) is 45.5 Å². The summed E-state index contributed by atoms with van der Waals surface area (Å²) in [5.74, 6) is 0.978. The van der Waals surface area contributed by atoms with Gasteiger partial charge in [0.15, 0.2) is 5.96 Å². The molecule has 0 spiro atoms. The van der Waals surface area contributed by atoms with Crippen molar-refractivity contribution in [2.45, 2.75) is 66.3 Å². The highest BCUT2D eigenvalue weighted by atomic mass is 32.2. The molecular weight excluding hydrogens is 298 g/mol. The van der Waals surface area contributed by atoms with Crippen molar-refractivity contribution in [2.75, 3.05) is 25.1 Å². The molecule has 1 unspecified atom stereocenters. The Morgan fingerprint density at radius 3 is 2.36 bits per heavy atom. The molecule has 0 fully saturated rings. The monoisotopic (exact) mass is 333 g/mol. The van der Waals surface area contributed by atoms with Crippen molar-refractivity contribution >= 4 is 15.8 Å². The van der Waals surface area contributed by atoms with Gasteiger partial charge in [-0.2, -0.15) is 0 Å². The fourth-order valence-electron chi connectivity index (χ4n) is 1.97. The molecule has 5 nitrogen and oxygen atoms in total. The van der Waals surface area contributed by atoms with E-state index < -0.39 is 9.84 Å². The molecule has 0 radical (unpaired) electrons. The highest BCUT2D eigenvalue weighted by molar-refractivity contribution is 7.90. The summed E-state index contributed by atoms with van der Waals surface area (Å²) in [5.41, 5.74) is 0.382. The van der Waals surface area contributed by atoms with E-state index in [-0.39, 0.29) is 11.8 Å². The van der Waals surface area contributed by atoms with Gasteiger partial charge in [0.2, 0.25) is 0 Å². The molecule has 0 aromatic heterocycles. The average Bonchev–Trinajstić information content (AvgIpc) is 2.34. The predicted octanol–water partition coefficient (Wildman–Crippen LogP) is 2.58. The second kappa shape index (κ2) is 10.1. The number of nitrogens with zero attached hydrogens (tertiary/aromatic N) is 1. The third-order valence-corrected chi connectivity index (χ3v) is 4.23. The Kier molecular flexibility index (Phi) is 9.72. The van der Waals surface area contributed by atoms with Crippen molar-refractivity contribution in [3.05, 3.63) is 0 Å². The lowest BCUT2D eigenvalue weighted by Gasteiger charge is -2.18. The largest absolute Gasteiger partial charge is 0.357 e. The quantitative estimate of drug-likeness (QED) is 0.386. The summed E-state index contributed by atoms with van der Waals surface area (Å²) < 4.78 is 22.4. The van der Waals surface area contributed by atoms with Gasteiger partial charge in [0.25, 0.3) is 0 Å². The van der Waals surface area contributed by atoms with Crippen LogP contribution < -0.4 is 10.6 Å². The summed E-state index contributed by atoms with van der Waals surface area (Å²) in [6.07, 6.45) is 5.32. The van der Waals surface area contributed by atoms with Crippen LogP contribution in [-0.2, 0) is 9.84 Å². The van der Waals surface area contributed by atoms with Crippen molar-refractivity contribution in [2.24, 2.45) is 10.4 Å². The minimum absolute atomic E-state index is 0.0853. The zero-order chi connectivity index (χ0) is 17.2. The maximum Gasteiger partial charge on any atom is 0.191 e. The number of aliphatic imine (C=N–C) groups is 1. The number of guanidine groups is 1. The fraction of sp³-hybridized carbons (Fsp3) is 0.938. The fourth-order valence-corrected chi connectivity index (χ4v) is 2.76. The lowest BCUT2D eigenvalue weighted by molar-refractivity contribution is 0.361. The van der Waals surface area contributed by atoms with Crippen LogP contribution in [0.2, 0.25) is 0 Å². The van der Waals surface area contributed by atoms with E-state index in [2.05, 4.69) is 36.4 Å². The summed E-state index contributed by atoms with van der Waals surface area (Å²) in [6.45, 7) is 12.4. The maximum atomic E-state index is 11.2. The van der Waals surface area contributed by atoms with E-state index >= 15 is 0 Å². The molecule has 132 valence electrons. The molecule has 0 amide bonds. The van der Waals surface area contributed by atoms with E-state index in [0.717, 1.165) is 25.5 Å². The highest BCUT2D eigenvalue weighted by Gasteiger charge is 2.10. The molecule has 6 heteroatoms. The zero-order valence-electron chi connectivity index (χ0n) is 15.2. The van der Waals surface area contributed by atoms with E-state index in [1.54, 1.807) is 0 Å². The first kappa shape index (κ1) is 21.2. The van der Waals surface area contributed by atoms with Gasteiger partial charge in [0, 0.05) is 25.4 Å². The topological polar surface area (TPSA) is 70.6 Å². The molecule has 0 aliphatic heterocycles. The SMILES string of the molecule is CCNC(=NCCCCC(C)(C)C)NC(C)CCS(C)(=O)=O. The number of rotatable bonds is 9. The molecule has 0 bridgehead atoms. The Labute approximate surface area is 137 Å². The molecule has 22 heavy (non-hydrogen) atoms. The molecule has 0 aliphatic carbocycles. The van der Waals surface area contributed by atoms with Crippen molar-refractivity contribution in [3.63, 3.8) is 0 Å². The van der Waals surface area contributed by atoms with Crippen LogP contribution in [0.3, 0.4) is 0 Å². The minimum Gasteiger partial charge on any atom is -0.357 e. The molecule has 0 saturated heterocycles. The first-order chi connectivity index (χ1) is 10.0. The second-order valence-corrected chi connectivity index (χ2v) is 9.50. The van der Waals surface area contributed by atoms with E-state index in [4.69, 9.17) is 0 Å². The minimum atomic E-state index is -2.91. The summed E-state index contributed by atoms with van der Waals surface area (Å²) in [6, 6.07) is 0.0853. The van der Waals surface area contributed by atoms with Gasteiger partial charge in [-0.25, -0.2) is 8.42 Å². The summed E-state index contributed by atoms with van der Waals surface area (Å²) in [7, 11) is -2.91. The van der Waals surface area contributed by atoms with E-state index in [1.807, 2.05) is 13.8 Å². The van der Waals surface area contributed by atoms with Crippen LogP contribution in [0.4, 0.5) is 0 Å². The van der Waals surface area contributed by atoms with Gasteiger partial charge in [0.1, 0.15) is 9.84 Å². The van der Waals surface area contributed by atoms with Crippen molar-refractivity contribution < 1.29 is 8.42 Å². The number of hydrogen-bond donors (Lipinski definition) is 2. The third kappa shape index (κ3) is 14.2. The summed E-state index contributed by atoms with van der Waals surface area (Å²) in [5, 5.41) is 6.48. The van der Waals surface area contributed by atoms with Crippen molar-refractivity contribution in [3.8, 4) is 0 Å². The number of hydrogen-bond acceptors (Lipinski definition) is 3. The Bertz CT molecular complexity index is 425. The van der Waals surface area contributed by atoms with E-state index in [0.29, 0.717) is 11.8 Å². The molecule has 0 aliphatic rings. The van der Waals surface area contributed by atoms with Crippen molar-refractivity contribution in [1.82, 2.24) is 10.6 Å². The summed E-state index contributed by atoms with van der Waals surface area (Å²) >= 11 is 0. The lowest BCUT2D eigenvalue weighted by Crippen LogP contribution is -2.42. The van der Waals surface area contributed by atoms with Crippen molar-refractivity contribution in [1.29, 1.82) is 0 Å². The van der Waals surface area contributed by atoms with Crippen LogP contribution in [0.25, 0.3) is 0 Å². The lowest BCUT2D eigenvalue weighted by atomic mass is 9.90. The van der Waals surface area contributed by atoms with E-state index in [1.165, 1.54) is 19.1 Å². The number of nitrogens with one attached hydrogen (secondary N) is 2. The highest BCUT2D eigenvalue weighted by Crippen LogP contribution is 2.21. The standard InChI is InChI=1S/C16H35N3O2S/c1-7-17-15(18-12-9-8-11-16(3,4)5)19-14(2)10-13-22(6,20)21/h14H,7-13H2,1-6H3,(H2,17,18,19).